The largest absolute Gasteiger partial charge is 0.388 e. The molecule has 0 fully saturated rings. The van der Waals surface area contributed by atoms with Crippen LogP contribution < -0.4 is 4.90 Å². The highest BCUT2D eigenvalue weighted by Crippen LogP contribution is 2.29. The van der Waals surface area contributed by atoms with Crippen molar-refractivity contribution < 1.29 is 5.11 Å². The van der Waals surface area contributed by atoms with Gasteiger partial charge in [-0.2, -0.15) is 0 Å². The van der Waals surface area contributed by atoms with Crippen molar-refractivity contribution in [2.75, 3.05) is 11.9 Å². The van der Waals surface area contributed by atoms with E-state index in [-0.39, 0.29) is 6.10 Å². The molecule has 0 aliphatic carbocycles. The van der Waals surface area contributed by atoms with E-state index in [1.807, 2.05) is 25.1 Å². The third-order valence-corrected chi connectivity index (χ3v) is 3.54. The summed E-state index contributed by atoms with van der Waals surface area (Å²) in [6.45, 7) is 8.75. The van der Waals surface area contributed by atoms with Gasteiger partial charge >= 0.3 is 0 Å². The third kappa shape index (κ3) is 3.74. The zero-order valence-electron chi connectivity index (χ0n) is 12.4. The molecule has 0 amide bonds. The molecule has 18 heavy (non-hydrogen) atoms. The van der Waals surface area contributed by atoms with Gasteiger partial charge in [0.25, 0.3) is 0 Å². The van der Waals surface area contributed by atoms with Crippen LogP contribution in [0.4, 0.5) is 5.69 Å². The molecule has 2 nitrogen and oxygen atoms in total. The molecule has 0 heterocycles. The summed E-state index contributed by atoms with van der Waals surface area (Å²) in [4.78, 5) is 2.29. The maximum Gasteiger partial charge on any atom is 0.0807 e. The molecule has 102 valence electrons. The van der Waals surface area contributed by atoms with E-state index in [0.717, 1.165) is 24.1 Å². The summed E-state index contributed by atoms with van der Waals surface area (Å²) in [5.74, 6) is 0.686. The minimum absolute atomic E-state index is 0.366. The predicted molar refractivity (Wildman–Crippen MR) is 79.0 cm³/mol. The molecule has 1 N–H and O–H groups in total. The second-order valence-corrected chi connectivity index (χ2v) is 5.57. The van der Waals surface area contributed by atoms with E-state index in [1.54, 1.807) is 0 Å². The fraction of sp³-hybridized carbons (Fsp3) is 0.625. The zero-order valence-corrected chi connectivity index (χ0v) is 12.4. The zero-order chi connectivity index (χ0) is 13.7. The summed E-state index contributed by atoms with van der Waals surface area (Å²) >= 11 is 0. The van der Waals surface area contributed by atoms with Crippen LogP contribution in [0.25, 0.3) is 0 Å². The second-order valence-electron chi connectivity index (χ2n) is 5.57. The van der Waals surface area contributed by atoms with Crippen LogP contribution in [0, 0.1) is 5.92 Å². The van der Waals surface area contributed by atoms with Gasteiger partial charge in [-0.05, 0) is 31.7 Å². The molecule has 0 saturated carbocycles. The normalized spacial score (nSPS) is 14.6. The van der Waals surface area contributed by atoms with Crippen molar-refractivity contribution in [3.8, 4) is 0 Å². The number of hydrogen-bond acceptors (Lipinski definition) is 2. The molecule has 0 aliphatic heterocycles. The van der Waals surface area contributed by atoms with Crippen LogP contribution >= 0.6 is 0 Å². The topological polar surface area (TPSA) is 23.5 Å². The monoisotopic (exact) mass is 249 g/mol. The smallest absolute Gasteiger partial charge is 0.0807 e. The fourth-order valence-electron chi connectivity index (χ4n) is 2.39. The van der Waals surface area contributed by atoms with Crippen molar-refractivity contribution in [1.82, 2.24) is 0 Å². The van der Waals surface area contributed by atoms with E-state index < -0.39 is 0 Å². The number of hydrogen-bond donors (Lipinski definition) is 1. The second kappa shape index (κ2) is 6.79. The van der Waals surface area contributed by atoms with Gasteiger partial charge in [0.2, 0.25) is 0 Å². The van der Waals surface area contributed by atoms with Crippen molar-refractivity contribution >= 4 is 5.69 Å². The minimum atomic E-state index is -0.366. The molecule has 0 spiro atoms. The lowest BCUT2D eigenvalue weighted by Gasteiger charge is -2.31. The van der Waals surface area contributed by atoms with Gasteiger partial charge in [0.1, 0.15) is 0 Å². The lowest BCUT2D eigenvalue weighted by atomic mass is 10.0. The van der Waals surface area contributed by atoms with Gasteiger partial charge in [-0.15, -0.1) is 0 Å². The first-order valence-electron chi connectivity index (χ1n) is 6.97. The molecule has 0 radical (unpaired) electrons. The summed E-state index contributed by atoms with van der Waals surface area (Å²) in [6, 6.07) is 8.65. The Morgan fingerprint density at radius 1 is 1.17 bits per heavy atom. The number of rotatable bonds is 6. The maximum absolute atomic E-state index is 10.1. The van der Waals surface area contributed by atoms with Crippen LogP contribution in [0.2, 0.25) is 0 Å². The number of para-hydroxylation sites is 1. The summed E-state index contributed by atoms with van der Waals surface area (Å²) in [6.07, 6.45) is 1.55. The number of aliphatic hydroxyl groups excluding tert-OH is 1. The summed E-state index contributed by atoms with van der Waals surface area (Å²) in [7, 11) is 2.12. The van der Waals surface area contributed by atoms with Crippen LogP contribution in [0.3, 0.4) is 0 Å². The van der Waals surface area contributed by atoms with Gasteiger partial charge in [0.05, 0.1) is 6.10 Å². The number of anilines is 1. The molecule has 0 bridgehead atoms. The van der Waals surface area contributed by atoms with Crippen molar-refractivity contribution in [1.29, 1.82) is 0 Å². The van der Waals surface area contributed by atoms with Gasteiger partial charge in [-0.25, -0.2) is 0 Å². The Bertz CT molecular complexity index is 362. The van der Waals surface area contributed by atoms with Crippen LogP contribution in [-0.2, 0) is 0 Å². The lowest BCUT2D eigenvalue weighted by Crippen LogP contribution is -2.31. The summed E-state index contributed by atoms with van der Waals surface area (Å²) in [5, 5.41) is 10.1. The Kier molecular flexibility index (Phi) is 5.67. The van der Waals surface area contributed by atoms with Gasteiger partial charge in [-0.3, -0.25) is 0 Å². The average molecular weight is 249 g/mol. The average Bonchev–Trinajstić information content (AvgIpc) is 2.36. The van der Waals surface area contributed by atoms with Crippen LogP contribution in [0.5, 0.6) is 0 Å². The molecule has 0 aromatic heterocycles. The first kappa shape index (κ1) is 15.0. The van der Waals surface area contributed by atoms with E-state index in [1.165, 1.54) is 0 Å². The molecular formula is C16H27NO. The number of aliphatic hydroxyl groups is 1. The highest BCUT2D eigenvalue weighted by atomic mass is 16.3. The van der Waals surface area contributed by atoms with E-state index in [9.17, 15) is 5.11 Å². The van der Waals surface area contributed by atoms with Crippen molar-refractivity contribution in [2.45, 2.75) is 52.7 Å². The van der Waals surface area contributed by atoms with Gasteiger partial charge in [0, 0.05) is 24.3 Å². The third-order valence-electron chi connectivity index (χ3n) is 3.54. The van der Waals surface area contributed by atoms with Crippen LogP contribution in [0.15, 0.2) is 24.3 Å². The maximum atomic E-state index is 10.1. The molecule has 0 aliphatic rings. The van der Waals surface area contributed by atoms with Crippen molar-refractivity contribution in [3.63, 3.8) is 0 Å². The standard InChI is InChI=1S/C16H27NO/c1-6-16(18)14-9-7-8-10-15(14)17(5)13(4)11-12(2)3/h7-10,12-13,16,18H,6,11H2,1-5H3/t13?,16-/m1/s1. The van der Waals surface area contributed by atoms with E-state index in [0.29, 0.717) is 12.0 Å². The number of nitrogens with zero attached hydrogens (tertiary/aromatic N) is 1. The highest BCUT2D eigenvalue weighted by Gasteiger charge is 2.17. The molecule has 1 rings (SSSR count). The minimum Gasteiger partial charge on any atom is -0.388 e. The summed E-state index contributed by atoms with van der Waals surface area (Å²) < 4.78 is 0. The molecule has 2 heteroatoms. The first-order valence-corrected chi connectivity index (χ1v) is 6.97. The molecule has 1 aromatic carbocycles. The van der Waals surface area contributed by atoms with Crippen molar-refractivity contribution in [3.05, 3.63) is 29.8 Å². The number of benzene rings is 1. The van der Waals surface area contributed by atoms with Crippen LogP contribution in [-0.4, -0.2) is 18.2 Å². The van der Waals surface area contributed by atoms with Crippen molar-refractivity contribution in [2.24, 2.45) is 5.92 Å². The molecule has 1 aromatic rings. The van der Waals surface area contributed by atoms with Gasteiger partial charge < -0.3 is 10.0 Å². The lowest BCUT2D eigenvalue weighted by molar-refractivity contribution is 0.174. The Morgan fingerprint density at radius 3 is 2.33 bits per heavy atom. The van der Waals surface area contributed by atoms with E-state index >= 15 is 0 Å². The molecule has 2 atom stereocenters. The van der Waals surface area contributed by atoms with E-state index in [4.69, 9.17) is 0 Å². The quantitative estimate of drug-likeness (QED) is 0.823. The Balaban J connectivity index is 2.94. The molecule has 0 saturated heterocycles. The van der Waals surface area contributed by atoms with Crippen LogP contribution in [0.1, 0.15) is 52.2 Å². The molecular weight excluding hydrogens is 222 g/mol. The predicted octanol–water partition coefficient (Wildman–Crippen LogP) is 4.00. The summed E-state index contributed by atoms with van der Waals surface area (Å²) in [5.41, 5.74) is 2.19. The van der Waals surface area contributed by atoms with Gasteiger partial charge in [-0.1, -0.05) is 39.0 Å². The first-order chi connectivity index (χ1) is 8.47. The fourth-order valence-corrected chi connectivity index (χ4v) is 2.39. The SMILES string of the molecule is CC[C@@H](O)c1ccccc1N(C)C(C)CC(C)C. The Hall–Kier alpha value is -1.02. The Labute approximate surface area is 112 Å². The highest BCUT2D eigenvalue weighted by molar-refractivity contribution is 5.54. The molecule has 1 unspecified atom stereocenters. The van der Waals surface area contributed by atoms with E-state index in [2.05, 4.69) is 38.8 Å². The Morgan fingerprint density at radius 2 is 1.78 bits per heavy atom. The van der Waals surface area contributed by atoms with Gasteiger partial charge in [0.15, 0.2) is 0 Å².